The van der Waals surface area contributed by atoms with E-state index in [9.17, 15) is 16.8 Å². The van der Waals surface area contributed by atoms with Crippen LogP contribution in [0.3, 0.4) is 0 Å². The monoisotopic (exact) mass is 560 g/mol. The van der Waals surface area contributed by atoms with Crippen molar-refractivity contribution >= 4 is 31.3 Å². The molecule has 190 valence electrons. The lowest BCUT2D eigenvalue weighted by Crippen LogP contribution is -2.06. The van der Waals surface area contributed by atoms with Gasteiger partial charge >= 0.3 is 0 Å². The number of sulfone groups is 2. The highest BCUT2D eigenvalue weighted by atomic mass is 35.5. The highest BCUT2D eigenvalue weighted by Gasteiger charge is 2.24. The molecule has 5 nitrogen and oxygen atoms in total. The second-order valence-electron chi connectivity index (χ2n) is 8.37. The minimum Gasteiger partial charge on any atom is -0.457 e. The van der Waals surface area contributed by atoms with E-state index in [-0.39, 0.29) is 19.6 Å². The van der Waals surface area contributed by atoms with E-state index in [0.717, 1.165) is 0 Å². The first-order valence-electron chi connectivity index (χ1n) is 11.5. The van der Waals surface area contributed by atoms with E-state index in [4.69, 9.17) is 16.3 Å². The molecule has 38 heavy (non-hydrogen) atoms. The number of hydrogen-bond donors (Lipinski definition) is 0. The quantitative estimate of drug-likeness (QED) is 0.206. The number of rotatable bonds is 7. The number of halogens is 1. The zero-order valence-corrected chi connectivity index (χ0v) is 22.2. The number of hydrogen-bond acceptors (Lipinski definition) is 5. The smallest absolute Gasteiger partial charge is 0.207 e. The van der Waals surface area contributed by atoms with Crippen molar-refractivity contribution in [3.8, 4) is 22.6 Å². The second kappa shape index (κ2) is 10.5. The van der Waals surface area contributed by atoms with Crippen molar-refractivity contribution in [3.05, 3.63) is 132 Å². The van der Waals surface area contributed by atoms with Gasteiger partial charge in [-0.3, -0.25) is 0 Å². The van der Waals surface area contributed by atoms with E-state index in [1.54, 1.807) is 66.7 Å². The topological polar surface area (TPSA) is 77.5 Å². The lowest BCUT2D eigenvalue weighted by molar-refractivity contribution is 0.482. The van der Waals surface area contributed by atoms with Gasteiger partial charge in [-0.05, 0) is 84.4 Å². The Kier molecular flexibility index (Phi) is 7.08. The summed E-state index contributed by atoms with van der Waals surface area (Å²) >= 11 is 5.99. The molecule has 0 saturated carbocycles. The largest absolute Gasteiger partial charge is 0.457 e. The van der Waals surface area contributed by atoms with E-state index in [1.807, 2.05) is 18.2 Å². The molecule has 0 fully saturated rings. The van der Waals surface area contributed by atoms with Crippen LogP contribution in [0, 0.1) is 0 Å². The molecule has 0 aliphatic rings. The molecule has 5 aromatic carbocycles. The van der Waals surface area contributed by atoms with Crippen molar-refractivity contribution in [2.45, 2.75) is 19.6 Å². The van der Waals surface area contributed by atoms with Crippen LogP contribution in [0.4, 0.5) is 0 Å². The Hall–Kier alpha value is -3.91. The predicted molar refractivity (Wildman–Crippen MR) is 147 cm³/mol. The molecule has 0 spiro atoms. The Bertz CT molecular complexity index is 1780. The van der Waals surface area contributed by atoms with Crippen LogP contribution in [0.1, 0.15) is 0 Å². The fourth-order valence-electron chi connectivity index (χ4n) is 3.94. The fraction of sp³-hybridized carbons (Fsp3) is 0. The summed E-state index contributed by atoms with van der Waals surface area (Å²) in [5, 5.41) is 0.546. The minimum absolute atomic E-state index is 0.00975. The molecule has 8 heteroatoms. The summed E-state index contributed by atoms with van der Waals surface area (Å²) in [6.07, 6.45) is 0. The molecule has 0 amide bonds. The lowest BCUT2D eigenvalue weighted by atomic mass is 10.1. The lowest BCUT2D eigenvalue weighted by Gasteiger charge is -2.12. The molecular formula is C30H21ClO5S2. The Labute approximate surface area is 226 Å². The van der Waals surface area contributed by atoms with Gasteiger partial charge in [0.15, 0.2) is 0 Å². The Balaban J connectivity index is 1.42. The van der Waals surface area contributed by atoms with Crippen LogP contribution in [0.5, 0.6) is 11.5 Å². The van der Waals surface area contributed by atoms with Crippen molar-refractivity contribution in [2.24, 2.45) is 0 Å². The molecule has 0 aliphatic heterocycles. The first kappa shape index (κ1) is 25.7. The molecule has 0 heterocycles. The van der Waals surface area contributed by atoms with Crippen LogP contribution in [0.2, 0.25) is 5.02 Å². The van der Waals surface area contributed by atoms with Crippen molar-refractivity contribution < 1.29 is 21.6 Å². The number of para-hydroxylation sites is 1. The van der Waals surface area contributed by atoms with Crippen molar-refractivity contribution in [1.29, 1.82) is 0 Å². The van der Waals surface area contributed by atoms with Crippen molar-refractivity contribution in [1.82, 2.24) is 0 Å². The van der Waals surface area contributed by atoms with Crippen molar-refractivity contribution in [3.63, 3.8) is 0 Å². The van der Waals surface area contributed by atoms with Crippen LogP contribution in [0.25, 0.3) is 11.1 Å². The molecule has 0 N–H and O–H groups in total. The van der Waals surface area contributed by atoms with Crippen LogP contribution in [-0.2, 0) is 19.7 Å². The maximum Gasteiger partial charge on any atom is 0.207 e. The average molecular weight is 561 g/mol. The minimum atomic E-state index is -3.93. The van der Waals surface area contributed by atoms with Gasteiger partial charge in [-0.1, -0.05) is 60.1 Å². The molecule has 0 atom stereocenters. The van der Waals surface area contributed by atoms with Gasteiger partial charge < -0.3 is 4.74 Å². The van der Waals surface area contributed by atoms with E-state index in [2.05, 4.69) is 0 Å². The summed E-state index contributed by atoms with van der Waals surface area (Å²) in [5.41, 5.74) is 1.23. The van der Waals surface area contributed by atoms with E-state index in [1.165, 1.54) is 42.5 Å². The van der Waals surface area contributed by atoms with Gasteiger partial charge in [0.05, 0.1) is 19.6 Å². The third-order valence-electron chi connectivity index (χ3n) is 5.89. The normalized spacial score (nSPS) is 11.7. The Morgan fingerprint density at radius 3 is 1.55 bits per heavy atom. The Morgan fingerprint density at radius 1 is 0.474 bits per heavy atom. The summed E-state index contributed by atoms with van der Waals surface area (Å²) in [7, 11) is -7.81. The maximum atomic E-state index is 13.5. The van der Waals surface area contributed by atoms with Gasteiger partial charge in [0, 0.05) is 10.6 Å². The molecule has 0 aromatic heterocycles. The highest BCUT2D eigenvalue weighted by molar-refractivity contribution is 7.92. The molecule has 0 bridgehead atoms. The van der Waals surface area contributed by atoms with E-state index >= 15 is 0 Å². The maximum absolute atomic E-state index is 13.5. The molecule has 5 aromatic rings. The summed E-state index contributed by atoms with van der Waals surface area (Å²) < 4.78 is 59.2. The number of benzene rings is 5. The summed E-state index contributed by atoms with van der Waals surface area (Å²) in [4.78, 5) is 0.164. The SMILES string of the molecule is O=S(=O)(c1ccc(Oc2ccccc2)cc1)c1ccc(S(=O)(=O)c2ccccc2-c2ccc(Cl)cc2)cc1. The van der Waals surface area contributed by atoms with Gasteiger partial charge in [0.1, 0.15) is 11.5 Å². The zero-order chi connectivity index (χ0) is 26.8. The predicted octanol–water partition coefficient (Wildman–Crippen LogP) is 7.46. The van der Waals surface area contributed by atoms with Gasteiger partial charge in [-0.25, -0.2) is 16.8 Å². The summed E-state index contributed by atoms with van der Waals surface area (Å²) in [6.45, 7) is 0. The van der Waals surface area contributed by atoms with E-state index < -0.39 is 19.7 Å². The summed E-state index contributed by atoms with van der Waals surface area (Å²) in [5.74, 6) is 1.13. The number of ether oxygens (including phenoxy) is 1. The van der Waals surface area contributed by atoms with Gasteiger partial charge in [-0.2, -0.15) is 0 Å². The first-order chi connectivity index (χ1) is 18.2. The van der Waals surface area contributed by atoms with Crippen LogP contribution in [-0.4, -0.2) is 16.8 Å². The average Bonchev–Trinajstić information content (AvgIpc) is 2.94. The summed E-state index contributed by atoms with van der Waals surface area (Å²) in [6, 6.07) is 34.0. The highest BCUT2D eigenvalue weighted by Crippen LogP contribution is 2.33. The van der Waals surface area contributed by atoms with Crippen LogP contribution in [0.15, 0.2) is 147 Å². The first-order valence-corrected chi connectivity index (χ1v) is 14.9. The molecular weight excluding hydrogens is 540 g/mol. The fourth-order valence-corrected chi connectivity index (χ4v) is 6.81. The second-order valence-corrected chi connectivity index (χ2v) is 12.7. The van der Waals surface area contributed by atoms with Gasteiger partial charge in [0.25, 0.3) is 0 Å². The van der Waals surface area contributed by atoms with Gasteiger partial charge in [0.2, 0.25) is 19.7 Å². The third-order valence-corrected chi connectivity index (χ3v) is 9.75. The van der Waals surface area contributed by atoms with Crippen LogP contribution >= 0.6 is 11.6 Å². The van der Waals surface area contributed by atoms with Gasteiger partial charge in [-0.15, -0.1) is 0 Å². The molecule has 0 saturated heterocycles. The van der Waals surface area contributed by atoms with E-state index in [0.29, 0.717) is 27.6 Å². The zero-order valence-electron chi connectivity index (χ0n) is 19.9. The molecule has 0 radical (unpaired) electrons. The molecule has 5 rings (SSSR count). The van der Waals surface area contributed by atoms with Crippen molar-refractivity contribution in [2.75, 3.05) is 0 Å². The Morgan fingerprint density at radius 2 is 0.947 bits per heavy atom. The standard InChI is InChI=1S/C30H21ClO5S2/c31-23-12-10-22(11-13-23)29-8-4-5-9-30(29)38(34,35)28-20-18-27(19-21-28)37(32,33)26-16-14-25(15-17-26)36-24-6-2-1-3-7-24/h1-21H. The third kappa shape index (κ3) is 5.22. The van der Waals surface area contributed by atoms with Crippen LogP contribution < -0.4 is 4.74 Å². The molecule has 0 unspecified atom stereocenters. The molecule has 0 aliphatic carbocycles.